The van der Waals surface area contributed by atoms with Gasteiger partial charge in [0.25, 0.3) is 0 Å². The second-order valence-corrected chi connectivity index (χ2v) is 3.14. The Balaban J connectivity index is 2.19. The first-order chi connectivity index (χ1) is 4.70. The van der Waals surface area contributed by atoms with Gasteiger partial charge in [0.1, 0.15) is 5.78 Å². The van der Waals surface area contributed by atoms with Crippen LogP contribution in [0.25, 0.3) is 0 Å². The molecule has 3 atom stereocenters. The molecule has 3 rings (SSSR count). The number of hydrogen-bond donors (Lipinski definition) is 1. The third kappa shape index (κ3) is 0.503. The number of Topliss-reactive ketones (excluding diaryl/α,β-unsaturated/α-hetero) is 1. The van der Waals surface area contributed by atoms with Crippen LogP contribution in [0.1, 0.15) is 12.8 Å². The van der Waals surface area contributed by atoms with Crippen molar-refractivity contribution in [1.82, 2.24) is 0 Å². The van der Waals surface area contributed by atoms with Gasteiger partial charge in [-0.2, -0.15) is 0 Å². The summed E-state index contributed by atoms with van der Waals surface area (Å²) in [4.78, 5) is 21.3. The maximum Gasteiger partial charge on any atom is 0.307 e. The van der Waals surface area contributed by atoms with Crippen LogP contribution in [0.2, 0.25) is 0 Å². The molecule has 0 aromatic rings. The molecule has 3 heteroatoms. The Labute approximate surface area is 58.0 Å². The van der Waals surface area contributed by atoms with Gasteiger partial charge in [-0.05, 0) is 12.3 Å². The van der Waals surface area contributed by atoms with Gasteiger partial charge in [0.2, 0.25) is 0 Å². The van der Waals surface area contributed by atoms with Crippen molar-refractivity contribution < 1.29 is 14.7 Å². The van der Waals surface area contributed by atoms with Crippen molar-refractivity contribution in [1.29, 1.82) is 0 Å². The number of hydrogen-bond acceptors (Lipinski definition) is 2. The maximum atomic E-state index is 10.9. The lowest BCUT2D eigenvalue weighted by molar-refractivity contribution is -0.150. The lowest BCUT2D eigenvalue weighted by atomic mass is 9.72. The lowest BCUT2D eigenvalue weighted by Crippen LogP contribution is -2.36. The van der Waals surface area contributed by atoms with Gasteiger partial charge in [-0.15, -0.1) is 0 Å². The summed E-state index contributed by atoms with van der Waals surface area (Å²) in [6.45, 7) is 0. The third-order valence-corrected chi connectivity index (χ3v) is 2.66. The minimum absolute atomic E-state index is 0.123. The molecule has 0 aromatic carbocycles. The van der Waals surface area contributed by atoms with Gasteiger partial charge in [0.15, 0.2) is 0 Å². The molecule has 1 N–H and O–H groups in total. The Bertz CT molecular complexity index is 209. The number of ketones is 1. The fourth-order valence-corrected chi connectivity index (χ4v) is 2.08. The van der Waals surface area contributed by atoms with E-state index in [-0.39, 0.29) is 23.5 Å². The standard InChI is InChI=1S/C7H8O3/c8-5-2-3-1-4(5)6(3)7(9)10/h3-4,6H,1-2H2,(H,9,10). The summed E-state index contributed by atoms with van der Waals surface area (Å²) in [5.41, 5.74) is 0. The molecule has 10 heavy (non-hydrogen) atoms. The molecule has 0 spiro atoms. The predicted molar refractivity (Wildman–Crippen MR) is 32.3 cm³/mol. The number of carboxylic acid groups (broad SMARTS) is 1. The Morgan fingerprint density at radius 3 is 2.50 bits per heavy atom. The van der Waals surface area contributed by atoms with Gasteiger partial charge in [-0.25, -0.2) is 0 Å². The number of carbonyl (C=O) groups is 2. The molecule has 0 heterocycles. The summed E-state index contributed by atoms with van der Waals surface area (Å²) in [6.07, 6.45) is 1.34. The summed E-state index contributed by atoms with van der Waals surface area (Å²) in [5, 5.41) is 8.58. The van der Waals surface area contributed by atoms with Crippen molar-refractivity contribution in [3.63, 3.8) is 0 Å². The molecule has 0 radical (unpaired) electrons. The molecule has 0 amide bonds. The van der Waals surface area contributed by atoms with Gasteiger partial charge in [-0.3, -0.25) is 9.59 Å². The minimum atomic E-state index is -0.785. The highest BCUT2D eigenvalue weighted by molar-refractivity contribution is 5.93. The highest BCUT2D eigenvalue weighted by Crippen LogP contribution is 2.51. The van der Waals surface area contributed by atoms with Crippen LogP contribution in [0.5, 0.6) is 0 Å². The summed E-state index contributed by atoms with van der Waals surface area (Å²) < 4.78 is 0. The first-order valence-electron chi connectivity index (χ1n) is 3.45. The highest BCUT2D eigenvalue weighted by Gasteiger charge is 2.56. The molecule has 3 aliphatic rings. The second kappa shape index (κ2) is 1.59. The van der Waals surface area contributed by atoms with E-state index in [2.05, 4.69) is 0 Å². The van der Waals surface area contributed by atoms with Crippen LogP contribution in [0, 0.1) is 17.8 Å². The van der Waals surface area contributed by atoms with Crippen LogP contribution in [-0.4, -0.2) is 16.9 Å². The van der Waals surface area contributed by atoms with Gasteiger partial charge < -0.3 is 5.11 Å². The van der Waals surface area contributed by atoms with Crippen molar-refractivity contribution in [3.05, 3.63) is 0 Å². The summed E-state index contributed by atoms with van der Waals surface area (Å²) in [5.74, 6) is -0.894. The largest absolute Gasteiger partial charge is 0.481 e. The maximum absolute atomic E-state index is 10.9. The topological polar surface area (TPSA) is 54.4 Å². The SMILES string of the molecule is O=C1CC2CC1C2C(=O)O. The third-order valence-electron chi connectivity index (χ3n) is 2.66. The Hall–Kier alpha value is -0.860. The predicted octanol–water partition coefficient (Wildman–Crippen LogP) is 0.296. The van der Waals surface area contributed by atoms with Crippen molar-refractivity contribution in [3.8, 4) is 0 Å². The molecule has 0 saturated heterocycles. The molecule has 3 unspecified atom stereocenters. The fraction of sp³-hybridized carbons (Fsp3) is 0.714. The zero-order valence-electron chi connectivity index (χ0n) is 5.41. The molecule has 2 bridgehead atoms. The van der Waals surface area contributed by atoms with E-state index >= 15 is 0 Å². The van der Waals surface area contributed by atoms with E-state index in [1.807, 2.05) is 0 Å². The van der Waals surface area contributed by atoms with E-state index in [1.165, 1.54) is 0 Å². The van der Waals surface area contributed by atoms with E-state index < -0.39 is 5.97 Å². The Morgan fingerprint density at radius 2 is 2.30 bits per heavy atom. The number of carboxylic acids is 1. The van der Waals surface area contributed by atoms with Gasteiger partial charge in [-0.1, -0.05) is 0 Å². The monoisotopic (exact) mass is 140 g/mol. The zero-order chi connectivity index (χ0) is 7.30. The molecule has 54 valence electrons. The van der Waals surface area contributed by atoms with E-state index in [9.17, 15) is 9.59 Å². The average Bonchev–Trinajstić information content (AvgIpc) is 2.18. The molecule has 3 saturated carbocycles. The molecule has 3 fully saturated rings. The van der Waals surface area contributed by atoms with E-state index in [0.29, 0.717) is 6.42 Å². The van der Waals surface area contributed by atoms with Crippen molar-refractivity contribution in [2.24, 2.45) is 17.8 Å². The van der Waals surface area contributed by atoms with Crippen LogP contribution in [-0.2, 0) is 9.59 Å². The molecule has 3 aliphatic carbocycles. The lowest BCUT2D eigenvalue weighted by Gasteiger charge is -2.29. The average molecular weight is 140 g/mol. The number of fused-ring (bicyclic) bond motifs is 1. The Kier molecular flexibility index (Phi) is 0.938. The first-order valence-corrected chi connectivity index (χ1v) is 3.45. The van der Waals surface area contributed by atoms with Gasteiger partial charge >= 0.3 is 5.97 Å². The summed E-state index contributed by atoms with van der Waals surface area (Å²) in [7, 11) is 0. The van der Waals surface area contributed by atoms with E-state index in [4.69, 9.17) is 5.11 Å². The molecular formula is C7H8O3. The van der Waals surface area contributed by atoms with Gasteiger partial charge in [0.05, 0.1) is 5.92 Å². The van der Waals surface area contributed by atoms with Crippen molar-refractivity contribution in [2.75, 3.05) is 0 Å². The van der Waals surface area contributed by atoms with Crippen LogP contribution in [0.3, 0.4) is 0 Å². The normalized spacial score (nSPS) is 43.2. The van der Waals surface area contributed by atoms with Crippen LogP contribution in [0.4, 0.5) is 0 Å². The Morgan fingerprint density at radius 1 is 1.60 bits per heavy atom. The van der Waals surface area contributed by atoms with Gasteiger partial charge in [0, 0.05) is 12.3 Å². The van der Waals surface area contributed by atoms with E-state index in [1.54, 1.807) is 0 Å². The van der Waals surface area contributed by atoms with Crippen LogP contribution >= 0.6 is 0 Å². The van der Waals surface area contributed by atoms with Crippen LogP contribution < -0.4 is 0 Å². The number of aliphatic carboxylic acids is 1. The van der Waals surface area contributed by atoms with Crippen molar-refractivity contribution in [2.45, 2.75) is 12.8 Å². The first kappa shape index (κ1) is 5.89. The van der Waals surface area contributed by atoms with Crippen LogP contribution in [0.15, 0.2) is 0 Å². The van der Waals surface area contributed by atoms with E-state index in [0.717, 1.165) is 6.42 Å². The zero-order valence-corrected chi connectivity index (χ0v) is 5.41. The molecule has 0 aliphatic heterocycles. The number of carbonyl (C=O) groups excluding carboxylic acids is 1. The fourth-order valence-electron chi connectivity index (χ4n) is 2.08. The minimum Gasteiger partial charge on any atom is -0.481 e. The summed E-state index contributed by atoms with van der Waals surface area (Å²) in [6, 6.07) is 0. The smallest absolute Gasteiger partial charge is 0.307 e. The summed E-state index contributed by atoms with van der Waals surface area (Å²) >= 11 is 0. The molecule has 3 nitrogen and oxygen atoms in total. The molecular weight excluding hydrogens is 132 g/mol. The molecule has 0 aromatic heterocycles. The highest BCUT2D eigenvalue weighted by atomic mass is 16.4. The second-order valence-electron chi connectivity index (χ2n) is 3.14. The quantitative estimate of drug-likeness (QED) is 0.569. The number of rotatable bonds is 1. The van der Waals surface area contributed by atoms with Crippen molar-refractivity contribution >= 4 is 11.8 Å².